The lowest BCUT2D eigenvalue weighted by Crippen LogP contribution is -2.45. The van der Waals surface area contributed by atoms with Crippen molar-refractivity contribution >= 4 is 28.4 Å². The van der Waals surface area contributed by atoms with Crippen molar-refractivity contribution in [3.8, 4) is 28.4 Å². The van der Waals surface area contributed by atoms with E-state index in [4.69, 9.17) is 43.4 Å². The van der Waals surface area contributed by atoms with E-state index in [9.17, 15) is 0 Å². The molecule has 3 fully saturated rings. The molecular weight excluding hydrogens is 624 g/mol. The molecular formula is C37H46N6O6. The van der Waals surface area contributed by atoms with Gasteiger partial charge in [-0.3, -0.25) is 0 Å². The Morgan fingerprint density at radius 2 is 1.63 bits per heavy atom. The van der Waals surface area contributed by atoms with E-state index in [0.717, 1.165) is 115 Å². The van der Waals surface area contributed by atoms with Crippen molar-refractivity contribution in [2.75, 3.05) is 76.4 Å². The van der Waals surface area contributed by atoms with Crippen molar-refractivity contribution in [2.24, 2.45) is 0 Å². The highest BCUT2D eigenvalue weighted by Gasteiger charge is 2.40. The lowest BCUT2D eigenvalue weighted by molar-refractivity contribution is -0.169. The van der Waals surface area contributed by atoms with E-state index in [0.29, 0.717) is 31.1 Å². The number of aryl methyl sites for hydroxylation is 1. The summed E-state index contributed by atoms with van der Waals surface area (Å²) >= 11 is 0. The molecule has 0 amide bonds. The maximum absolute atomic E-state index is 5.98. The van der Waals surface area contributed by atoms with Crippen LogP contribution < -0.4 is 29.7 Å². The maximum atomic E-state index is 5.98. The minimum absolute atomic E-state index is 0.277. The average Bonchev–Trinajstić information content (AvgIpc) is 3.61. The number of ether oxygens (including phenoxy) is 6. The summed E-state index contributed by atoms with van der Waals surface area (Å²) in [6.07, 6.45) is 6.10. The van der Waals surface area contributed by atoms with Crippen molar-refractivity contribution in [1.29, 1.82) is 0 Å². The van der Waals surface area contributed by atoms with Crippen LogP contribution in [0.15, 0.2) is 42.6 Å². The third-order valence-electron chi connectivity index (χ3n) is 9.78. The second-order valence-corrected chi connectivity index (χ2v) is 12.6. The molecule has 0 saturated carbocycles. The molecule has 260 valence electrons. The van der Waals surface area contributed by atoms with Crippen LogP contribution in [0.2, 0.25) is 0 Å². The van der Waals surface area contributed by atoms with Crippen LogP contribution >= 0.6 is 0 Å². The number of hydrogen-bond acceptors (Lipinski definition) is 12. The molecule has 0 radical (unpaired) electrons. The van der Waals surface area contributed by atoms with Gasteiger partial charge in [-0.25, -0.2) is 15.0 Å². The standard InChI is InChI=1S/C37H46N6O6/c1-5-29-35(40-26-10-16-47-17-11-26)42-33-28(23-39-36(34(33)41-29)38-22-25-6-8-27(44-2)21-31(25)45-3)24-7-9-30(32(20-24)46-4)43-14-12-37(13-15-43)48-18-19-49-37/h6-9,20-21,23,26H,5,10-19,22H2,1-4H3,(H,38,39)(H,40,42). The smallest absolute Gasteiger partial charge is 0.171 e. The average molecular weight is 671 g/mol. The van der Waals surface area contributed by atoms with E-state index in [2.05, 4.69) is 40.7 Å². The molecule has 1 spiro atoms. The molecule has 0 aliphatic carbocycles. The molecule has 12 nitrogen and oxygen atoms in total. The third kappa shape index (κ3) is 6.90. The lowest BCUT2D eigenvalue weighted by atomic mass is 10.0. The van der Waals surface area contributed by atoms with Crippen molar-refractivity contribution in [3.05, 3.63) is 53.9 Å². The molecule has 4 aromatic rings. The predicted molar refractivity (Wildman–Crippen MR) is 189 cm³/mol. The van der Waals surface area contributed by atoms with E-state index in [-0.39, 0.29) is 6.04 Å². The summed E-state index contributed by atoms with van der Waals surface area (Å²) in [7, 11) is 5.02. The number of fused-ring (bicyclic) bond motifs is 1. The monoisotopic (exact) mass is 670 g/mol. The first-order valence-corrected chi connectivity index (χ1v) is 17.2. The van der Waals surface area contributed by atoms with Crippen LogP contribution in [0.1, 0.15) is 43.9 Å². The normalized spacial score (nSPS) is 17.8. The van der Waals surface area contributed by atoms with Gasteiger partial charge >= 0.3 is 0 Å². The van der Waals surface area contributed by atoms with Crippen molar-refractivity contribution < 1.29 is 28.4 Å². The molecule has 3 aliphatic rings. The van der Waals surface area contributed by atoms with Gasteiger partial charge in [0.15, 0.2) is 11.6 Å². The Kier molecular flexibility index (Phi) is 9.88. The SMILES string of the molecule is CCc1nc2c(NCc3ccc(OC)cc3OC)ncc(-c3ccc(N4CCC5(CC4)OCCO5)c(OC)c3)c2nc1NC1CCOCC1. The van der Waals surface area contributed by atoms with Gasteiger partial charge < -0.3 is 44.0 Å². The summed E-state index contributed by atoms with van der Waals surface area (Å²) in [4.78, 5) is 17.8. The van der Waals surface area contributed by atoms with Crippen LogP contribution in [0, 0.1) is 0 Å². The van der Waals surface area contributed by atoms with Gasteiger partial charge in [-0.15, -0.1) is 0 Å². The first-order chi connectivity index (χ1) is 24.0. The summed E-state index contributed by atoms with van der Waals surface area (Å²) < 4.78 is 34.6. The molecule has 49 heavy (non-hydrogen) atoms. The number of methoxy groups -OCH3 is 3. The van der Waals surface area contributed by atoms with Crippen LogP contribution in [0.3, 0.4) is 0 Å². The Labute approximate surface area is 287 Å². The minimum Gasteiger partial charge on any atom is -0.497 e. The molecule has 12 heteroatoms. The molecule has 2 aromatic carbocycles. The maximum Gasteiger partial charge on any atom is 0.171 e. The Morgan fingerprint density at radius 1 is 0.857 bits per heavy atom. The van der Waals surface area contributed by atoms with Crippen molar-refractivity contribution in [1.82, 2.24) is 15.0 Å². The second-order valence-electron chi connectivity index (χ2n) is 12.6. The van der Waals surface area contributed by atoms with Gasteiger partial charge in [0, 0.05) is 75.1 Å². The number of nitrogens with zero attached hydrogens (tertiary/aromatic N) is 4. The van der Waals surface area contributed by atoms with E-state index < -0.39 is 5.79 Å². The molecule has 3 aliphatic heterocycles. The summed E-state index contributed by atoms with van der Waals surface area (Å²) in [5, 5.41) is 7.21. The van der Waals surface area contributed by atoms with Crippen LogP contribution in [0.4, 0.5) is 17.3 Å². The van der Waals surface area contributed by atoms with Gasteiger partial charge in [0.25, 0.3) is 0 Å². The van der Waals surface area contributed by atoms with Gasteiger partial charge in [0.2, 0.25) is 0 Å². The zero-order chi connectivity index (χ0) is 33.8. The molecule has 7 rings (SSSR count). The van der Waals surface area contributed by atoms with Crippen molar-refractivity contribution in [3.63, 3.8) is 0 Å². The number of aromatic nitrogens is 3. The predicted octanol–water partition coefficient (Wildman–Crippen LogP) is 5.83. The number of piperidine rings is 1. The van der Waals surface area contributed by atoms with Crippen LogP contribution in [0.25, 0.3) is 22.2 Å². The highest BCUT2D eigenvalue weighted by atomic mass is 16.7. The van der Waals surface area contributed by atoms with Gasteiger partial charge in [-0.2, -0.15) is 0 Å². The van der Waals surface area contributed by atoms with Crippen LogP contribution in [-0.4, -0.2) is 87.6 Å². The quantitative estimate of drug-likeness (QED) is 0.200. The molecule has 5 heterocycles. The van der Waals surface area contributed by atoms with E-state index in [1.807, 2.05) is 24.4 Å². The molecule has 0 unspecified atom stereocenters. The van der Waals surface area contributed by atoms with Gasteiger partial charge in [0.05, 0.1) is 45.9 Å². The first-order valence-electron chi connectivity index (χ1n) is 17.2. The van der Waals surface area contributed by atoms with Crippen LogP contribution in [-0.2, 0) is 27.2 Å². The fourth-order valence-corrected chi connectivity index (χ4v) is 6.97. The Morgan fingerprint density at radius 3 is 2.35 bits per heavy atom. The third-order valence-corrected chi connectivity index (χ3v) is 9.78. The molecule has 2 N–H and O–H groups in total. The Balaban J connectivity index is 1.25. The highest BCUT2D eigenvalue weighted by Crippen LogP contribution is 2.40. The molecule has 0 atom stereocenters. The molecule has 2 aromatic heterocycles. The highest BCUT2D eigenvalue weighted by molar-refractivity contribution is 5.98. The number of nitrogens with one attached hydrogen (secondary N) is 2. The first kappa shape index (κ1) is 33.1. The zero-order valence-corrected chi connectivity index (χ0v) is 28.8. The molecule has 0 bridgehead atoms. The van der Waals surface area contributed by atoms with Gasteiger partial charge in [-0.1, -0.05) is 13.0 Å². The van der Waals surface area contributed by atoms with Gasteiger partial charge in [-0.05, 0) is 49.1 Å². The number of hydrogen-bond donors (Lipinski definition) is 2. The van der Waals surface area contributed by atoms with E-state index >= 15 is 0 Å². The topological polar surface area (TPSA) is 121 Å². The fourth-order valence-electron chi connectivity index (χ4n) is 6.97. The van der Waals surface area contributed by atoms with E-state index in [1.54, 1.807) is 21.3 Å². The number of pyridine rings is 1. The molecule has 3 saturated heterocycles. The summed E-state index contributed by atoms with van der Waals surface area (Å²) in [6, 6.07) is 12.4. The summed E-state index contributed by atoms with van der Waals surface area (Å²) in [5.74, 6) is 3.28. The number of rotatable bonds is 11. The lowest BCUT2D eigenvalue weighted by Gasteiger charge is -2.39. The van der Waals surface area contributed by atoms with Crippen molar-refractivity contribution in [2.45, 2.75) is 57.4 Å². The summed E-state index contributed by atoms with van der Waals surface area (Å²) in [6.45, 7) is 7.05. The second kappa shape index (κ2) is 14.6. The van der Waals surface area contributed by atoms with Crippen LogP contribution in [0.5, 0.6) is 17.2 Å². The Hall–Kier alpha value is -4.39. The summed E-state index contributed by atoms with van der Waals surface area (Å²) in [5.41, 5.74) is 6.21. The minimum atomic E-state index is -0.436. The van der Waals surface area contributed by atoms with E-state index in [1.165, 1.54) is 0 Å². The zero-order valence-electron chi connectivity index (χ0n) is 28.8. The number of anilines is 3. The van der Waals surface area contributed by atoms with Gasteiger partial charge in [0.1, 0.15) is 34.1 Å². The Bertz CT molecular complexity index is 1760. The number of benzene rings is 2. The largest absolute Gasteiger partial charge is 0.497 e. The fraction of sp³-hybridized carbons (Fsp3) is 0.486.